The van der Waals surface area contributed by atoms with Crippen LogP contribution in [-0.4, -0.2) is 18.1 Å². The number of pyridine rings is 1. The van der Waals surface area contributed by atoms with E-state index < -0.39 is 0 Å². The van der Waals surface area contributed by atoms with E-state index in [1.807, 2.05) is 12.4 Å². The zero-order valence-electron chi connectivity index (χ0n) is 11.4. The van der Waals surface area contributed by atoms with Gasteiger partial charge in [-0.15, -0.1) is 0 Å². The lowest BCUT2D eigenvalue weighted by atomic mass is 9.92. The van der Waals surface area contributed by atoms with Crippen LogP contribution >= 0.6 is 31.9 Å². The van der Waals surface area contributed by atoms with E-state index in [0.717, 1.165) is 28.5 Å². The second-order valence-electron chi connectivity index (χ2n) is 4.78. The van der Waals surface area contributed by atoms with Crippen LogP contribution in [0, 0.1) is 0 Å². The SMILES string of the molecule is CCNCC(Cc1cncc(Br)c1)c1cccc(Br)c1. The molecule has 0 aliphatic rings. The summed E-state index contributed by atoms with van der Waals surface area (Å²) in [4.78, 5) is 4.25. The molecular formula is C16H18Br2N2. The lowest BCUT2D eigenvalue weighted by Gasteiger charge is -2.18. The summed E-state index contributed by atoms with van der Waals surface area (Å²) in [5.41, 5.74) is 2.60. The van der Waals surface area contributed by atoms with Gasteiger partial charge in [0.1, 0.15) is 0 Å². The number of nitrogens with zero attached hydrogens (tertiary/aromatic N) is 1. The highest BCUT2D eigenvalue weighted by molar-refractivity contribution is 9.10. The summed E-state index contributed by atoms with van der Waals surface area (Å²) in [6, 6.07) is 10.7. The van der Waals surface area contributed by atoms with Gasteiger partial charge in [-0.1, -0.05) is 35.0 Å². The molecule has 0 bridgehead atoms. The first-order valence-electron chi connectivity index (χ1n) is 6.74. The van der Waals surface area contributed by atoms with Crippen LogP contribution < -0.4 is 5.32 Å². The Labute approximate surface area is 137 Å². The number of hydrogen-bond donors (Lipinski definition) is 1. The van der Waals surface area contributed by atoms with Crippen molar-refractivity contribution in [1.29, 1.82) is 0 Å². The maximum absolute atomic E-state index is 4.25. The highest BCUT2D eigenvalue weighted by Crippen LogP contribution is 2.24. The molecule has 1 aromatic carbocycles. The van der Waals surface area contributed by atoms with Gasteiger partial charge in [0.2, 0.25) is 0 Å². The second kappa shape index (κ2) is 7.91. The Bertz CT molecular complexity index is 558. The first kappa shape index (κ1) is 15.7. The first-order valence-corrected chi connectivity index (χ1v) is 8.33. The van der Waals surface area contributed by atoms with E-state index in [9.17, 15) is 0 Å². The molecule has 1 unspecified atom stereocenters. The van der Waals surface area contributed by atoms with E-state index in [1.54, 1.807) is 0 Å². The average Bonchev–Trinajstić information content (AvgIpc) is 2.43. The molecule has 106 valence electrons. The third kappa shape index (κ3) is 4.69. The van der Waals surface area contributed by atoms with E-state index in [1.165, 1.54) is 11.1 Å². The van der Waals surface area contributed by atoms with Gasteiger partial charge < -0.3 is 5.32 Å². The maximum atomic E-state index is 4.25. The molecule has 2 rings (SSSR count). The molecule has 0 amide bonds. The molecular weight excluding hydrogens is 380 g/mol. The molecule has 1 atom stereocenters. The smallest absolute Gasteiger partial charge is 0.0410 e. The maximum Gasteiger partial charge on any atom is 0.0410 e. The van der Waals surface area contributed by atoms with Gasteiger partial charge in [0.15, 0.2) is 0 Å². The molecule has 20 heavy (non-hydrogen) atoms. The van der Waals surface area contributed by atoms with Crippen molar-refractivity contribution in [1.82, 2.24) is 10.3 Å². The Hall–Kier alpha value is -0.710. The standard InChI is InChI=1S/C16H18Br2N2/c1-2-19-10-14(13-4-3-5-15(17)8-13)6-12-7-16(18)11-20-9-12/h3-5,7-9,11,14,19H,2,6,10H2,1H3. The van der Waals surface area contributed by atoms with Crippen molar-refractivity contribution in [3.63, 3.8) is 0 Å². The molecule has 0 aliphatic heterocycles. The van der Waals surface area contributed by atoms with Crippen LogP contribution in [0.2, 0.25) is 0 Å². The first-order chi connectivity index (χ1) is 9.69. The predicted octanol–water partition coefficient (Wildman–Crippen LogP) is 4.54. The number of rotatable bonds is 6. The van der Waals surface area contributed by atoms with Gasteiger partial charge in [-0.25, -0.2) is 0 Å². The summed E-state index contributed by atoms with van der Waals surface area (Å²) >= 11 is 7.04. The normalized spacial score (nSPS) is 12.3. The zero-order chi connectivity index (χ0) is 14.4. The number of likely N-dealkylation sites (N-methyl/N-ethyl adjacent to an activating group) is 1. The number of hydrogen-bond acceptors (Lipinski definition) is 2. The molecule has 1 heterocycles. The van der Waals surface area contributed by atoms with Gasteiger partial charge in [-0.3, -0.25) is 4.98 Å². The molecule has 1 aromatic heterocycles. The van der Waals surface area contributed by atoms with Gasteiger partial charge in [0, 0.05) is 33.8 Å². The van der Waals surface area contributed by atoms with Gasteiger partial charge in [-0.2, -0.15) is 0 Å². The van der Waals surface area contributed by atoms with Gasteiger partial charge in [0.05, 0.1) is 0 Å². The average molecular weight is 398 g/mol. The van der Waals surface area contributed by atoms with E-state index in [0.29, 0.717) is 5.92 Å². The minimum atomic E-state index is 0.448. The monoisotopic (exact) mass is 396 g/mol. The van der Waals surface area contributed by atoms with Gasteiger partial charge in [0.25, 0.3) is 0 Å². The quantitative estimate of drug-likeness (QED) is 0.773. The summed E-state index contributed by atoms with van der Waals surface area (Å²) in [6.45, 7) is 4.10. The summed E-state index contributed by atoms with van der Waals surface area (Å²) in [5, 5.41) is 3.45. The molecule has 0 saturated carbocycles. The van der Waals surface area contributed by atoms with Crippen LogP contribution in [0.4, 0.5) is 0 Å². The Morgan fingerprint density at radius 2 is 2.00 bits per heavy atom. The minimum absolute atomic E-state index is 0.448. The van der Waals surface area contributed by atoms with Crippen LogP contribution in [0.3, 0.4) is 0 Å². The highest BCUT2D eigenvalue weighted by atomic mass is 79.9. The minimum Gasteiger partial charge on any atom is -0.316 e. The highest BCUT2D eigenvalue weighted by Gasteiger charge is 2.13. The molecule has 2 nitrogen and oxygen atoms in total. The Balaban J connectivity index is 2.19. The predicted molar refractivity (Wildman–Crippen MR) is 91.1 cm³/mol. The molecule has 4 heteroatoms. The second-order valence-corrected chi connectivity index (χ2v) is 6.61. The van der Waals surface area contributed by atoms with Crippen molar-refractivity contribution < 1.29 is 0 Å². The number of nitrogens with one attached hydrogen (secondary N) is 1. The van der Waals surface area contributed by atoms with Crippen molar-refractivity contribution in [2.45, 2.75) is 19.3 Å². The summed E-state index contributed by atoms with van der Waals surface area (Å²) in [6.07, 6.45) is 4.75. The summed E-state index contributed by atoms with van der Waals surface area (Å²) in [7, 11) is 0. The third-order valence-corrected chi connectivity index (χ3v) is 4.13. The van der Waals surface area contributed by atoms with Crippen LogP contribution in [0.1, 0.15) is 24.0 Å². The third-order valence-electron chi connectivity index (χ3n) is 3.20. The van der Waals surface area contributed by atoms with Gasteiger partial charge in [-0.05, 0) is 58.2 Å². The summed E-state index contributed by atoms with van der Waals surface area (Å²) in [5.74, 6) is 0.448. The fourth-order valence-electron chi connectivity index (χ4n) is 2.24. The fraction of sp³-hybridized carbons (Fsp3) is 0.312. The Morgan fingerprint density at radius 3 is 2.70 bits per heavy atom. The van der Waals surface area contributed by atoms with Crippen molar-refractivity contribution >= 4 is 31.9 Å². The molecule has 0 spiro atoms. The van der Waals surface area contributed by atoms with E-state index in [-0.39, 0.29) is 0 Å². The van der Waals surface area contributed by atoms with E-state index in [4.69, 9.17) is 0 Å². The lowest BCUT2D eigenvalue weighted by Crippen LogP contribution is -2.22. The van der Waals surface area contributed by atoms with Crippen LogP contribution in [0.5, 0.6) is 0 Å². The zero-order valence-corrected chi connectivity index (χ0v) is 14.6. The van der Waals surface area contributed by atoms with Gasteiger partial charge >= 0.3 is 0 Å². The van der Waals surface area contributed by atoms with Crippen molar-refractivity contribution in [3.05, 3.63) is 62.8 Å². The largest absolute Gasteiger partial charge is 0.316 e. The fourth-order valence-corrected chi connectivity index (χ4v) is 3.07. The number of benzene rings is 1. The lowest BCUT2D eigenvalue weighted by molar-refractivity contribution is 0.594. The molecule has 1 N–H and O–H groups in total. The molecule has 0 aliphatic carbocycles. The molecule has 0 saturated heterocycles. The molecule has 0 fully saturated rings. The Morgan fingerprint density at radius 1 is 1.15 bits per heavy atom. The van der Waals surface area contributed by atoms with Crippen molar-refractivity contribution in [2.75, 3.05) is 13.1 Å². The van der Waals surface area contributed by atoms with Crippen molar-refractivity contribution in [3.8, 4) is 0 Å². The molecule has 0 radical (unpaired) electrons. The van der Waals surface area contributed by atoms with Crippen LogP contribution in [-0.2, 0) is 6.42 Å². The summed E-state index contributed by atoms with van der Waals surface area (Å²) < 4.78 is 2.16. The topological polar surface area (TPSA) is 24.9 Å². The van der Waals surface area contributed by atoms with Crippen LogP contribution in [0.25, 0.3) is 0 Å². The number of aromatic nitrogens is 1. The van der Waals surface area contributed by atoms with Crippen molar-refractivity contribution in [2.24, 2.45) is 0 Å². The van der Waals surface area contributed by atoms with E-state index in [2.05, 4.69) is 79.4 Å². The Kier molecular flexibility index (Phi) is 6.20. The van der Waals surface area contributed by atoms with E-state index >= 15 is 0 Å². The van der Waals surface area contributed by atoms with Crippen LogP contribution in [0.15, 0.2) is 51.7 Å². The molecule has 2 aromatic rings. The number of halogens is 2.